The molecule has 98 valence electrons. The van der Waals surface area contributed by atoms with E-state index in [-0.39, 0.29) is 5.91 Å². The number of aryl methyl sites for hydroxylation is 1. The molecule has 2 aromatic heterocycles. The number of nitrogens with zero attached hydrogens (tertiary/aromatic N) is 2. The molecule has 2 N–H and O–H groups in total. The molecule has 3 rings (SSSR count). The fourth-order valence-corrected chi connectivity index (χ4v) is 2.75. The van der Waals surface area contributed by atoms with Crippen LogP contribution < -0.4 is 5.32 Å². The number of carbonyl (C=O) groups excluding carboxylic acids is 1. The zero-order valence-electron chi connectivity index (χ0n) is 10.6. The van der Waals surface area contributed by atoms with Crippen LogP contribution >= 0.6 is 11.3 Å². The summed E-state index contributed by atoms with van der Waals surface area (Å²) in [5, 5.41) is 12.7. The van der Waals surface area contributed by atoms with Gasteiger partial charge in [0.1, 0.15) is 17.4 Å². The largest absolute Gasteiger partial charge is 0.334 e. The van der Waals surface area contributed by atoms with Crippen LogP contribution in [0.2, 0.25) is 0 Å². The van der Waals surface area contributed by atoms with Crippen LogP contribution in [0.5, 0.6) is 0 Å². The molecule has 0 radical (unpaired) electrons. The van der Waals surface area contributed by atoms with Crippen molar-refractivity contribution in [1.29, 1.82) is 5.26 Å². The molecule has 0 fully saturated rings. The monoisotopic (exact) mass is 282 g/mol. The fourth-order valence-electron chi connectivity index (χ4n) is 1.93. The van der Waals surface area contributed by atoms with Gasteiger partial charge in [0, 0.05) is 0 Å². The molecule has 1 amide bonds. The second kappa shape index (κ2) is 4.79. The van der Waals surface area contributed by atoms with E-state index in [4.69, 9.17) is 5.26 Å². The first-order valence-corrected chi connectivity index (χ1v) is 6.75. The van der Waals surface area contributed by atoms with Gasteiger partial charge in [0.15, 0.2) is 0 Å². The van der Waals surface area contributed by atoms with E-state index < -0.39 is 0 Å². The Kier molecular flexibility index (Phi) is 2.97. The topological polar surface area (TPSA) is 81.6 Å². The number of hydrogen-bond acceptors (Lipinski definition) is 4. The van der Waals surface area contributed by atoms with Gasteiger partial charge in [-0.25, -0.2) is 4.98 Å². The maximum Gasteiger partial charge on any atom is 0.272 e. The Bertz CT molecular complexity index is 809. The van der Waals surface area contributed by atoms with E-state index >= 15 is 0 Å². The van der Waals surface area contributed by atoms with Crippen molar-refractivity contribution >= 4 is 33.3 Å². The van der Waals surface area contributed by atoms with Gasteiger partial charge >= 0.3 is 0 Å². The molecule has 0 aliphatic carbocycles. The van der Waals surface area contributed by atoms with Crippen molar-refractivity contribution in [2.45, 2.75) is 6.92 Å². The quantitative estimate of drug-likeness (QED) is 0.758. The van der Waals surface area contributed by atoms with Gasteiger partial charge in [0.05, 0.1) is 21.0 Å². The first kappa shape index (κ1) is 12.4. The molecule has 0 aliphatic heterocycles. The third-order valence-corrected chi connectivity index (χ3v) is 3.75. The minimum Gasteiger partial charge on any atom is -0.334 e. The number of hydrogen-bond donors (Lipinski definition) is 2. The van der Waals surface area contributed by atoms with Crippen molar-refractivity contribution in [3.05, 3.63) is 46.6 Å². The predicted molar refractivity (Wildman–Crippen MR) is 77.8 cm³/mol. The number of para-hydroxylation sites is 1. The summed E-state index contributed by atoms with van der Waals surface area (Å²) < 4.78 is 0.946. The van der Waals surface area contributed by atoms with E-state index in [1.165, 1.54) is 11.3 Å². The van der Waals surface area contributed by atoms with E-state index in [1.54, 1.807) is 30.3 Å². The number of aromatic amines is 1. The highest BCUT2D eigenvalue weighted by atomic mass is 32.1. The van der Waals surface area contributed by atoms with Gasteiger partial charge in [-0.05, 0) is 25.1 Å². The van der Waals surface area contributed by atoms with Crippen LogP contribution in [0, 0.1) is 18.3 Å². The molecular weight excluding hydrogens is 272 g/mol. The van der Waals surface area contributed by atoms with Crippen LogP contribution in [0.4, 0.5) is 5.69 Å². The van der Waals surface area contributed by atoms with E-state index in [0.29, 0.717) is 22.6 Å². The zero-order valence-corrected chi connectivity index (χ0v) is 11.4. The lowest BCUT2D eigenvalue weighted by Gasteiger charge is -2.04. The second-order valence-electron chi connectivity index (χ2n) is 4.24. The number of amides is 1. The average Bonchev–Trinajstić information content (AvgIpc) is 2.96. The van der Waals surface area contributed by atoms with E-state index in [0.717, 1.165) is 9.71 Å². The van der Waals surface area contributed by atoms with Gasteiger partial charge in [-0.3, -0.25) is 4.79 Å². The molecule has 0 saturated heterocycles. The molecule has 3 aromatic rings. The van der Waals surface area contributed by atoms with E-state index in [9.17, 15) is 4.79 Å². The predicted octanol–water partition coefficient (Wildman–Crippen LogP) is 3.06. The van der Waals surface area contributed by atoms with Crippen molar-refractivity contribution in [3.8, 4) is 6.07 Å². The highest BCUT2D eigenvalue weighted by Gasteiger charge is 2.13. The Labute approximate surface area is 118 Å². The molecule has 0 saturated carbocycles. The molecule has 0 aliphatic rings. The average molecular weight is 282 g/mol. The Hall–Kier alpha value is -2.65. The Morgan fingerprint density at radius 3 is 3.00 bits per heavy atom. The van der Waals surface area contributed by atoms with Gasteiger partial charge in [0.2, 0.25) is 0 Å². The minimum absolute atomic E-state index is 0.282. The second-order valence-corrected chi connectivity index (χ2v) is 5.48. The normalized spacial score (nSPS) is 10.4. The highest BCUT2D eigenvalue weighted by molar-refractivity contribution is 7.18. The molecular formula is C14H10N4OS. The highest BCUT2D eigenvalue weighted by Crippen LogP contribution is 2.23. The van der Waals surface area contributed by atoms with Crippen molar-refractivity contribution in [1.82, 2.24) is 9.97 Å². The molecule has 0 atom stereocenters. The summed E-state index contributed by atoms with van der Waals surface area (Å²) in [4.78, 5) is 19.4. The van der Waals surface area contributed by atoms with Crippen molar-refractivity contribution in [3.63, 3.8) is 0 Å². The fraction of sp³-hybridized carbons (Fsp3) is 0.0714. The van der Waals surface area contributed by atoms with Crippen LogP contribution in [0.1, 0.15) is 21.1 Å². The standard InChI is InChI=1S/C14H10N4OS/c1-8-16-13-12(20-8)6-11(17-13)14(19)18-10-5-3-2-4-9(10)7-15/h2-6,17H,1H3,(H,18,19). The SMILES string of the molecule is Cc1nc2[nH]c(C(=O)Nc3ccccc3C#N)cc2s1. The smallest absolute Gasteiger partial charge is 0.272 e. The van der Waals surface area contributed by atoms with Gasteiger partial charge in [-0.2, -0.15) is 5.26 Å². The van der Waals surface area contributed by atoms with Gasteiger partial charge < -0.3 is 10.3 Å². The molecule has 0 unspecified atom stereocenters. The number of H-pyrrole nitrogens is 1. The lowest BCUT2D eigenvalue weighted by molar-refractivity contribution is 0.102. The van der Waals surface area contributed by atoms with Crippen LogP contribution in [0.15, 0.2) is 30.3 Å². The zero-order chi connectivity index (χ0) is 14.1. The summed E-state index contributed by atoms with van der Waals surface area (Å²) in [6, 6.07) is 10.7. The van der Waals surface area contributed by atoms with Crippen LogP contribution in [-0.4, -0.2) is 15.9 Å². The van der Waals surface area contributed by atoms with E-state index in [1.807, 2.05) is 13.0 Å². The molecule has 1 aromatic carbocycles. The van der Waals surface area contributed by atoms with Crippen molar-refractivity contribution < 1.29 is 4.79 Å². The first-order chi connectivity index (χ1) is 9.67. The molecule has 0 bridgehead atoms. The molecule has 2 heterocycles. The molecule has 5 nitrogen and oxygen atoms in total. The molecule has 6 heteroatoms. The van der Waals surface area contributed by atoms with Crippen molar-refractivity contribution in [2.75, 3.05) is 5.32 Å². The Morgan fingerprint density at radius 1 is 1.45 bits per heavy atom. The first-order valence-electron chi connectivity index (χ1n) is 5.94. The summed E-state index contributed by atoms with van der Waals surface area (Å²) in [7, 11) is 0. The van der Waals surface area contributed by atoms with Gasteiger partial charge in [0.25, 0.3) is 5.91 Å². The number of fused-ring (bicyclic) bond motifs is 1. The van der Waals surface area contributed by atoms with E-state index in [2.05, 4.69) is 15.3 Å². The number of carbonyl (C=O) groups is 1. The number of anilines is 1. The van der Waals surface area contributed by atoms with Gasteiger partial charge in [-0.15, -0.1) is 11.3 Å². The molecule has 0 spiro atoms. The van der Waals surface area contributed by atoms with Gasteiger partial charge in [-0.1, -0.05) is 12.1 Å². The number of nitriles is 1. The van der Waals surface area contributed by atoms with Crippen LogP contribution in [-0.2, 0) is 0 Å². The maximum atomic E-state index is 12.2. The number of rotatable bonds is 2. The summed E-state index contributed by atoms with van der Waals surface area (Å²) in [6.07, 6.45) is 0. The number of benzene rings is 1. The third-order valence-electron chi connectivity index (χ3n) is 2.83. The van der Waals surface area contributed by atoms with Crippen LogP contribution in [0.3, 0.4) is 0 Å². The van der Waals surface area contributed by atoms with Crippen molar-refractivity contribution in [2.24, 2.45) is 0 Å². The summed E-state index contributed by atoms with van der Waals surface area (Å²) >= 11 is 1.53. The number of aromatic nitrogens is 2. The maximum absolute atomic E-state index is 12.2. The summed E-state index contributed by atoms with van der Waals surface area (Å²) in [5.41, 5.74) is 2.09. The summed E-state index contributed by atoms with van der Waals surface area (Å²) in [6.45, 7) is 1.92. The Balaban J connectivity index is 1.89. The lowest BCUT2D eigenvalue weighted by Crippen LogP contribution is -2.13. The lowest BCUT2D eigenvalue weighted by atomic mass is 10.2. The Morgan fingerprint density at radius 2 is 2.25 bits per heavy atom. The summed E-state index contributed by atoms with van der Waals surface area (Å²) in [5.74, 6) is -0.282. The minimum atomic E-state index is -0.282. The number of nitrogens with one attached hydrogen (secondary N) is 2. The third kappa shape index (κ3) is 2.15. The number of thiazole rings is 1. The van der Waals surface area contributed by atoms with Crippen LogP contribution in [0.25, 0.3) is 10.3 Å². The molecule has 20 heavy (non-hydrogen) atoms.